The number of rotatable bonds is 5. The van der Waals surface area contributed by atoms with Crippen molar-refractivity contribution in [1.82, 2.24) is 15.3 Å². The van der Waals surface area contributed by atoms with Gasteiger partial charge in [-0.15, -0.1) is 22.7 Å². The zero-order valence-electron chi connectivity index (χ0n) is 11.2. The van der Waals surface area contributed by atoms with Crippen LogP contribution in [0.5, 0.6) is 0 Å². The van der Waals surface area contributed by atoms with Crippen LogP contribution in [0.15, 0.2) is 11.6 Å². The summed E-state index contributed by atoms with van der Waals surface area (Å²) in [6.45, 7) is 8.54. The predicted octanol–water partition coefficient (Wildman–Crippen LogP) is 4.02. The van der Waals surface area contributed by atoms with E-state index in [1.165, 1.54) is 9.88 Å². The number of nitrogens with one attached hydrogen (secondary N) is 1. The second kappa shape index (κ2) is 5.91. The second-order valence-corrected chi connectivity index (χ2v) is 6.56. The lowest BCUT2D eigenvalue weighted by Crippen LogP contribution is -2.24. The largest absolute Gasteiger partial charge is 0.300 e. The van der Waals surface area contributed by atoms with E-state index >= 15 is 0 Å². The zero-order chi connectivity index (χ0) is 13.1. The fraction of sp³-hybridized carbons (Fsp3) is 0.538. The highest BCUT2D eigenvalue weighted by Gasteiger charge is 2.18. The van der Waals surface area contributed by atoms with Crippen LogP contribution in [0, 0.1) is 13.8 Å². The van der Waals surface area contributed by atoms with E-state index < -0.39 is 0 Å². The minimum atomic E-state index is 0.324. The molecule has 0 fully saturated rings. The van der Waals surface area contributed by atoms with Crippen LogP contribution in [0.25, 0.3) is 0 Å². The average molecular weight is 281 g/mol. The highest BCUT2D eigenvalue weighted by molar-refractivity contribution is 7.11. The Balaban J connectivity index is 2.10. The Labute approximate surface area is 116 Å². The summed E-state index contributed by atoms with van der Waals surface area (Å²) in [4.78, 5) is 10.2. The Hall–Kier alpha value is -0.780. The van der Waals surface area contributed by atoms with E-state index in [4.69, 9.17) is 0 Å². The fourth-order valence-electron chi connectivity index (χ4n) is 2.10. The number of aromatic nitrogens is 2. The van der Waals surface area contributed by atoms with Crippen molar-refractivity contribution in [3.63, 3.8) is 0 Å². The van der Waals surface area contributed by atoms with Gasteiger partial charge in [0.25, 0.3) is 0 Å². The molecule has 0 saturated heterocycles. The second-order valence-electron chi connectivity index (χ2n) is 4.40. The molecule has 0 aliphatic carbocycles. The molecule has 0 amide bonds. The van der Waals surface area contributed by atoms with Crippen LogP contribution in [-0.2, 0) is 0 Å². The lowest BCUT2D eigenvalue weighted by Gasteiger charge is -2.20. The fourth-order valence-corrected chi connectivity index (χ4v) is 3.82. The molecule has 2 aromatic rings. The Morgan fingerprint density at radius 3 is 2.67 bits per heavy atom. The van der Waals surface area contributed by atoms with Crippen molar-refractivity contribution in [2.24, 2.45) is 0 Å². The van der Waals surface area contributed by atoms with Crippen molar-refractivity contribution in [2.45, 2.75) is 46.2 Å². The van der Waals surface area contributed by atoms with Gasteiger partial charge in [0.2, 0.25) is 0 Å². The summed E-state index contributed by atoms with van der Waals surface area (Å²) in [5.41, 5.74) is 1.14. The van der Waals surface area contributed by atoms with Crippen molar-refractivity contribution in [3.05, 3.63) is 32.2 Å². The van der Waals surface area contributed by atoms with Gasteiger partial charge in [-0.3, -0.25) is 0 Å². The van der Waals surface area contributed by atoms with Crippen molar-refractivity contribution >= 4 is 22.7 Å². The van der Waals surface area contributed by atoms with Gasteiger partial charge in [-0.05, 0) is 27.2 Å². The molecule has 2 unspecified atom stereocenters. The molecule has 0 radical (unpaired) electrons. The molecule has 0 aliphatic rings. The molecule has 0 saturated carbocycles. The Morgan fingerprint density at radius 2 is 2.17 bits per heavy atom. The highest BCUT2D eigenvalue weighted by atomic mass is 32.1. The molecule has 0 aromatic carbocycles. The molecule has 0 aliphatic heterocycles. The molecule has 2 heterocycles. The van der Waals surface area contributed by atoms with Gasteiger partial charge in [-0.1, -0.05) is 6.92 Å². The molecule has 5 heteroatoms. The monoisotopic (exact) mass is 281 g/mol. The maximum absolute atomic E-state index is 4.49. The first-order chi connectivity index (χ1) is 8.61. The Kier molecular flexibility index (Phi) is 4.48. The molecule has 2 rings (SSSR count). The molecule has 3 nitrogen and oxygen atoms in total. The van der Waals surface area contributed by atoms with Gasteiger partial charge in [0.15, 0.2) is 0 Å². The molecular formula is C13H19N3S2. The van der Waals surface area contributed by atoms with Crippen LogP contribution < -0.4 is 5.32 Å². The van der Waals surface area contributed by atoms with Gasteiger partial charge < -0.3 is 5.32 Å². The maximum Gasteiger partial charge on any atom is 0.109 e. The minimum Gasteiger partial charge on any atom is -0.300 e. The lowest BCUT2D eigenvalue weighted by molar-refractivity contribution is 0.457. The molecule has 98 valence electrons. The summed E-state index contributed by atoms with van der Waals surface area (Å²) in [5.74, 6) is 0. The quantitative estimate of drug-likeness (QED) is 0.899. The van der Waals surface area contributed by atoms with Crippen molar-refractivity contribution in [1.29, 1.82) is 0 Å². The van der Waals surface area contributed by atoms with E-state index in [2.05, 4.69) is 43.0 Å². The summed E-state index contributed by atoms with van der Waals surface area (Å²) in [6.07, 6.45) is 2.92. The Bertz CT molecular complexity index is 490. The van der Waals surface area contributed by atoms with Gasteiger partial charge in [0.1, 0.15) is 5.01 Å². The van der Waals surface area contributed by atoms with E-state index in [1.807, 2.05) is 11.6 Å². The topological polar surface area (TPSA) is 37.8 Å². The minimum absolute atomic E-state index is 0.324. The predicted molar refractivity (Wildman–Crippen MR) is 78.3 cm³/mol. The molecule has 1 N–H and O–H groups in total. The number of hydrogen-bond donors (Lipinski definition) is 1. The van der Waals surface area contributed by atoms with E-state index in [9.17, 15) is 0 Å². The average Bonchev–Trinajstić information content (AvgIpc) is 2.95. The maximum atomic E-state index is 4.49. The number of thiazole rings is 2. The van der Waals surface area contributed by atoms with E-state index in [-0.39, 0.29) is 0 Å². The third kappa shape index (κ3) is 2.96. The van der Waals surface area contributed by atoms with E-state index in [0.717, 1.165) is 17.1 Å². The molecule has 0 bridgehead atoms. The van der Waals surface area contributed by atoms with Crippen LogP contribution in [0.3, 0.4) is 0 Å². The summed E-state index contributed by atoms with van der Waals surface area (Å²) >= 11 is 3.50. The third-order valence-corrected chi connectivity index (χ3v) is 5.09. The molecule has 0 spiro atoms. The van der Waals surface area contributed by atoms with Crippen LogP contribution in [0.4, 0.5) is 0 Å². The van der Waals surface area contributed by atoms with Crippen LogP contribution in [0.1, 0.15) is 52.9 Å². The SMILES string of the molecule is CCC(NC(C)c1sc(C)nc1C)c1nccs1. The summed E-state index contributed by atoms with van der Waals surface area (Å²) < 4.78 is 0. The summed E-state index contributed by atoms with van der Waals surface area (Å²) in [6, 6.07) is 0.659. The number of aryl methyl sites for hydroxylation is 2. The molecule has 2 aromatic heterocycles. The smallest absolute Gasteiger partial charge is 0.109 e. The molecule has 2 atom stereocenters. The van der Waals surface area contributed by atoms with Crippen LogP contribution >= 0.6 is 22.7 Å². The van der Waals surface area contributed by atoms with Gasteiger partial charge >= 0.3 is 0 Å². The van der Waals surface area contributed by atoms with E-state index in [0.29, 0.717) is 12.1 Å². The van der Waals surface area contributed by atoms with Gasteiger partial charge in [0, 0.05) is 22.5 Å². The molecular weight excluding hydrogens is 262 g/mol. The number of nitrogens with zero attached hydrogens (tertiary/aromatic N) is 2. The first-order valence-electron chi connectivity index (χ1n) is 6.21. The summed E-state index contributed by atoms with van der Waals surface area (Å²) in [5, 5.41) is 8.00. The zero-order valence-corrected chi connectivity index (χ0v) is 12.9. The van der Waals surface area contributed by atoms with Crippen molar-refractivity contribution in [3.8, 4) is 0 Å². The molecule has 18 heavy (non-hydrogen) atoms. The normalized spacial score (nSPS) is 14.7. The van der Waals surface area contributed by atoms with Gasteiger partial charge in [0.05, 0.1) is 16.7 Å². The van der Waals surface area contributed by atoms with Crippen molar-refractivity contribution < 1.29 is 0 Å². The first kappa shape index (κ1) is 13.6. The summed E-state index contributed by atoms with van der Waals surface area (Å²) in [7, 11) is 0. The lowest BCUT2D eigenvalue weighted by atomic mass is 10.1. The van der Waals surface area contributed by atoms with Gasteiger partial charge in [-0.2, -0.15) is 0 Å². The van der Waals surface area contributed by atoms with Crippen LogP contribution in [0.2, 0.25) is 0 Å². The third-order valence-electron chi connectivity index (χ3n) is 2.94. The Morgan fingerprint density at radius 1 is 1.39 bits per heavy atom. The van der Waals surface area contributed by atoms with Crippen LogP contribution in [-0.4, -0.2) is 9.97 Å². The first-order valence-corrected chi connectivity index (χ1v) is 7.90. The number of hydrogen-bond acceptors (Lipinski definition) is 5. The van der Waals surface area contributed by atoms with Crippen molar-refractivity contribution in [2.75, 3.05) is 0 Å². The van der Waals surface area contributed by atoms with Gasteiger partial charge in [-0.25, -0.2) is 9.97 Å². The standard InChI is InChI=1S/C13H19N3S2/c1-5-11(13-14-6-7-17-13)16-9(3)12-8(2)15-10(4)18-12/h6-7,9,11,16H,5H2,1-4H3. The highest BCUT2D eigenvalue weighted by Crippen LogP contribution is 2.28. The van der Waals surface area contributed by atoms with E-state index in [1.54, 1.807) is 22.7 Å².